The molecule has 0 bridgehead atoms. The molecule has 5 nitrogen and oxygen atoms in total. The number of nitro groups is 1. The van der Waals surface area contributed by atoms with Crippen molar-refractivity contribution in [3.05, 3.63) is 88.0 Å². The molecule has 0 atom stereocenters. The van der Waals surface area contributed by atoms with Crippen LogP contribution in [0.4, 0.5) is 11.4 Å². The van der Waals surface area contributed by atoms with Crippen LogP contribution in [-0.2, 0) is 0 Å². The minimum absolute atomic E-state index is 0.0465. The van der Waals surface area contributed by atoms with Crippen LogP contribution in [0.5, 0.6) is 5.75 Å². The summed E-state index contributed by atoms with van der Waals surface area (Å²) in [6.45, 7) is 2.00. The van der Waals surface area contributed by atoms with Gasteiger partial charge in [0.15, 0.2) is 0 Å². The number of phenols is 1. The molecule has 0 amide bonds. The number of aliphatic imine (C=N–C) groups is 1. The Morgan fingerprint density at radius 1 is 1.04 bits per heavy atom. The maximum atomic E-state index is 11.4. The third-order valence-corrected chi connectivity index (χ3v) is 4.71. The third kappa shape index (κ3) is 4.49. The molecule has 3 aromatic carbocycles. The molecule has 0 aliphatic rings. The fourth-order valence-electron chi connectivity index (χ4n) is 2.26. The van der Waals surface area contributed by atoms with E-state index < -0.39 is 0 Å². The monoisotopic (exact) mass is 364 g/mol. The van der Waals surface area contributed by atoms with Crippen molar-refractivity contribution in [3.8, 4) is 5.75 Å². The number of hydrogen-bond donors (Lipinski definition) is 1. The van der Waals surface area contributed by atoms with Crippen molar-refractivity contribution in [1.82, 2.24) is 0 Å². The average Bonchev–Trinajstić information content (AvgIpc) is 2.64. The summed E-state index contributed by atoms with van der Waals surface area (Å²) in [5.74, 6) is 0.164. The molecule has 0 aliphatic heterocycles. The van der Waals surface area contributed by atoms with E-state index in [1.54, 1.807) is 30.5 Å². The van der Waals surface area contributed by atoms with E-state index in [9.17, 15) is 15.2 Å². The summed E-state index contributed by atoms with van der Waals surface area (Å²) in [7, 11) is 0. The van der Waals surface area contributed by atoms with E-state index in [0.717, 1.165) is 10.5 Å². The summed E-state index contributed by atoms with van der Waals surface area (Å²) in [5, 5.41) is 20.7. The Morgan fingerprint density at radius 3 is 2.38 bits per heavy atom. The van der Waals surface area contributed by atoms with Crippen molar-refractivity contribution in [1.29, 1.82) is 0 Å². The zero-order valence-electron chi connectivity index (χ0n) is 14.0. The fourth-order valence-corrected chi connectivity index (χ4v) is 3.16. The van der Waals surface area contributed by atoms with Gasteiger partial charge in [0.2, 0.25) is 0 Å². The molecule has 0 saturated carbocycles. The van der Waals surface area contributed by atoms with Crippen LogP contribution in [0.25, 0.3) is 0 Å². The van der Waals surface area contributed by atoms with Crippen LogP contribution in [0.2, 0.25) is 0 Å². The van der Waals surface area contributed by atoms with Crippen LogP contribution in [0.3, 0.4) is 0 Å². The van der Waals surface area contributed by atoms with Gasteiger partial charge in [0.1, 0.15) is 5.75 Å². The second-order valence-electron chi connectivity index (χ2n) is 5.67. The summed E-state index contributed by atoms with van der Waals surface area (Å²) < 4.78 is 0. The zero-order chi connectivity index (χ0) is 18.5. The maximum Gasteiger partial charge on any atom is 0.283 e. The number of aromatic hydroxyl groups is 1. The van der Waals surface area contributed by atoms with Gasteiger partial charge in [0.05, 0.1) is 15.5 Å². The molecule has 0 aromatic heterocycles. The van der Waals surface area contributed by atoms with E-state index in [0.29, 0.717) is 16.1 Å². The molecule has 26 heavy (non-hydrogen) atoms. The van der Waals surface area contributed by atoms with E-state index in [2.05, 4.69) is 4.99 Å². The lowest BCUT2D eigenvalue weighted by Gasteiger charge is -2.04. The Hall–Kier alpha value is -3.12. The largest absolute Gasteiger partial charge is 0.508 e. The Morgan fingerprint density at radius 2 is 1.73 bits per heavy atom. The summed E-state index contributed by atoms with van der Waals surface area (Å²) in [6, 6.07) is 19.3. The van der Waals surface area contributed by atoms with Gasteiger partial charge in [-0.15, -0.1) is 0 Å². The van der Waals surface area contributed by atoms with Gasteiger partial charge < -0.3 is 5.11 Å². The highest BCUT2D eigenvalue weighted by Gasteiger charge is 2.15. The number of nitro benzene ring substituents is 1. The van der Waals surface area contributed by atoms with Crippen molar-refractivity contribution in [2.75, 3.05) is 0 Å². The van der Waals surface area contributed by atoms with Crippen LogP contribution in [-0.4, -0.2) is 16.2 Å². The molecule has 130 valence electrons. The Balaban J connectivity index is 1.85. The number of aryl methyl sites for hydroxylation is 1. The van der Waals surface area contributed by atoms with Gasteiger partial charge in [-0.2, -0.15) is 0 Å². The minimum Gasteiger partial charge on any atom is -0.508 e. The number of nitrogens with zero attached hydrogens (tertiary/aromatic N) is 2. The van der Waals surface area contributed by atoms with Crippen LogP contribution in [0.1, 0.15) is 11.1 Å². The highest BCUT2D eigenvalue weighted by atomic mass is 32.2. The summed E-state index contributed by atoms with van der Waals surface area (Å²) in [6.07, 6.45) is 1.57. The highest BCUT2D eigenvalue weighted by molar-refractivity contribution is 7.99. The Labute approximate surface area is 155 Å². The van der Waals surface area contributed by atoms with Crippen molar-refractivity contribution < 1.29 is 10.0 Å². The van der Waals surface area contributed by atoms with E-state index in [4.69, 9.17) is 0 Å². The van der Waals surface area contributed by atoms with Crippen LogP contribution >= 0.6 is 11.8 Å². The second-order valence-corrected chi connectivity index (χ2v) is 6.79. The molecule has 0 fully saturated rings. The summed E-state index contributed by atoms with van der Waals surface area (Å²) in [4.78, 5) is 16.9. The van der Waals surface area contributed by atoms with Crippen LogP contribution in [0, 0.1) is 17.0 Å². The molecule has 1 N–H and O–H groups in total. The predicted octanol–water partition coefficient (Wildman–Crippen LogP) is 5.51. The molecular weight excluding hydrogens is 348 g/mol. The molecular formula is C20H16N2O3S. The Kier molecular flexibility index (Phi) is 5.34. The van der Waals surface area contributed by atoms with Gasteiger partial charge in [0, 0.05) is 17.2 Å². The predicted molar refractivity (Wildman–Crippen MR) is 104 cm³/mol. The topological polar surface area (TPSA) is 75.7 Å². The number of hydrogen-bond acceptors (Lipinski definition) is 5. The Bertz CT molecular complexity index is 952. The zero-order valence-corrected chi connectivity index (χ0v) is 14.8. The highest BCUT2D eigenvalue weighted by Crippen LogP contribution is 2.35. The lowest BCUT2D eigenvalue weighted by Crippen LogP contribution is -1.93. The molecule has 0 radical (unpaired) electrons. The van der Waals surface area contributed by atoms with Gasteiger partial charge in [-0.05, 0) is 55.0 Å². The molecule has 0 unspecified atom stereocenters. The summed E-state index contributed by atoms with van der Waals surface area (Å²) >= 11 is 1.36. The van der Waals surface area contributed by atoms with Gasteiger partial charge in [-0.3, -0.25) is 15.1 Å². The normalized spacial score (nSPS) is 11.0. The van der Waals surface area contributed by atoms with E-state index >= 15 is 0 Å². The lowest BCUT2D eigenvalue weighted by molar-refractivity contribution is -0.387. The third-order valence-electron chi connectivity index (χ3n) is 3.64. The first-order valence-corrected chi connectivity index (χ1v) is 8.69. The lowest BCUT2D eigenvalue weighted by atomic mass is 10.2. The first-order chi connectivity index (χ1) is 12.5. The summed E-state index contributed by atoms with van der Waals surface area (Å²) in [5.41, 5.74) is 2.48. The molecule has 0 heterocycles. The maximum absolute atomic E-state index is 11.4. The smallest absolute Gasteiger partial charge is 0.283 e. The average molecular weight is 364 g/mol. The molecule has 3 aromatic rings. The van der Waals surface area contributed by atoms with Crippen LogP contribution in [0.15, 0.2) is 81.5 Å². The van der Waals surface area contributed by atoms with E-state index in [-0.39, 0.29) is 16.4 Å². The van der Waals surface area contributed by atoms with Crippen molar-refractivity contribution in [2.45, 2.75) is 16.7 Å². The van der Waals surface area contributed by atoms with E-state index in [1.165, 1.54) is 30.0 Å². The molecule has 3 rings (SSSR count). The minimum atomic E-state index is -0.381. The molecule has 0 spiro atoms. The van der Waals surface area contributed by atoms with Crippen molar-refractivity contribution >= 4 is 29.4 Å². The van der Waals surface area contributed by atoms with Crippen LogP contribution < -0.4 is 0 Å². The SMILES string of the molecule is Cc1ccc(Sc2ccc(C=Nc3ccc(O)cc3)cc2[N+](=O)[O-])cc1. The van der Waals surface area contributed by atoms with Gasteiger partial charge >= 0.3 is 0 Å². The van der Waals surface area contributed by atoms with Gasteiger partial charge in [0.25, 0.3) is 5.69 Å². The quantitative estimate of drug-likeness (QED) is 0.368. The molecule has 0 aliphatic carbocycles. The van der Waals surface area contributed by atoms with Crippen molar-refractivity contribution in [3.63, 3.8) is 0 Å². The first kappa shape index (κ1) is 17.7. The molecule has 0 saturated heterocycles. The molecule has 6 heteroatoms. The number of phenolic OH excluding ortho intramolecular Hbond substituents is 1. The fraction of sp³-hybridized carbons (Fsp3) is 0.0500. The number of benzene rings is 3. The van der Waals surface area contributed by atoms with Crippen molar-refractivity contribution in [2.24, 2.45) is 4.99 Å². The van der Waals surface area contributed by atoms with E-state index in [1.807, 2.05) is 31.2 Å². The van der Waals surface area contributed by atoms with Gasteiger partial charge in [-0.25, -0.2) is 0 Å². The first-order valence-electron chi connectivity index (χ1n) is 7.87. The second kappa shape index (κ2) is 7.84. The number of rotatable bonds is 5. The van der Waals surface area contributed by atoms with Gasteiger partial charge in [-0.1, -0.05) is 35.5 Å². The standard InChI is InChI=1S/C20H16N2O3S/c1-14-2-9-18(10-3-14)26-20-11-4-15(12-19(20)22(24)25)13-21-16-5-7-17(23)8-6-16/h2-13,23H,1H3.